The van der Waals surface area contributed by atoms with Gasteiger partial charge in [-0.1, -0.05) is 80.6 Å². The topological polar surface area (TPSA) is 6.48 Å². The zero-order valence-electron chi connectivity index (χ0n) is 23.9. The monoisotopic (exact) mass is 450 g/mol. The van der Waals surface area contributed by atoms with E-state index in [4.69, 9.17) is 0 Å². The zero-order valence-corrected chi connectivity index (χ0v) is 23.9. The van der Waals surface area contributed by atoms with Crippen molar-refractivity contribution in [1.82, 2.24) is 9.80 Å². The summed E-state index contributed by atoms with van der Waals surface area (Å²) in [6, 6.07) is 0. The number of hydrogen-bond acceptors (Lipinski definition) is 2. The fourth-order valence-electron chi connectivity index (χ4n) is 5.93. The first-order chi connectivity index (χ1) is 15.0. The molecule has 0 atom stereocenters. The van der Waals surface area contributed by atoms with Crippen LogP contribution < -0.4 is 0 Å². The van der Waals surface area contributed by atoms with Crippen molar-refractivity contribution in [2.24, 2.45) is 35.0 Å². The maximum absolute atomic E-state index is 2.44. The van der Waals surface area contributed by atoms with Gasteiger partial charge in [-0.2, -0.15) is 0 Å². The fourth-order valence-corrected chi connectivity index (χ4v) is 5.93. The second-order valence-electron chi connectivity index (χ2n) is 13.5. The third kappa shape index (κ3) is 14.2. The van der Waals surface area contributed by atoms with E-state index in [2.05, 4.69) is 72.4 Å². The molecule has 0 aromatic carbocycles. The first-order valence-electron chi connectivity index (χ1n) is 14.3. The maximum atomic E-state index is 2.44. The van der Waals surface area contributed by atoms with E-state index in [0.717, 1.165) is 29.6 Å². The normalized spacial score (nSPS) is 23.0. The minimum absolute atomic E-state index is 0.529. The van der Waals surface area contributed by atoms with Crippen LogP contribution in [0, 0.1) is 35.0 Å². The molecule has 192 valence electrons. The van der Waals surface area contributed by atoms with Crippen LogP contribution in [0.3, 0.4) is 0 Å². The van der Waals surface area contributed by atoms with Crippen molar-refractivity contribution in [2.45, 2.75) is 119 Å². The van der Waals surface area contributed by atoms with Crippen molar-refractivity contribution in [2.75, 3.05) is 40.3 Å². The lowest BCUT2D eigenvalue weighted by Crippen LogP contribution is -2.35. The maximum Gasteiger partial charge on any atom is -0.00189 e. The van der Waals surface area contributed by atoms with Gasteiger partial charge in [0.25, 0.3) is 0 Å². The molecule has 0 N–H and O–H groups in total. The summed E-state index contributed by atoms with van der Waals surface area (Å²) in [6.45, 7) is 21.7. The van der Waals surface area contributed by atoms with Gasteiger partial charge in [0.15, 0.2) is 0 Å². The summed E-state index contributed by atoms with van der Waals surface area (Å²) in [4.78, 5) is 4.87. The molecule has 0 aromatic heterocycles. The third-order valence-electron chi connectivity index (χ3n) is 8.12. The van der Waals surface area contributed by atoms with Gasteiger partial charge in [0.05, 0.1) is 0 Å². The van der Waals surface area contributed by atoms with Gasteiger partial charge in [0.1, 0.15) is 0 Å². The van der Waals surface area contributed by atoms with Gasteiger partial charge in [0, 0.05) is 0 Å². The van der Waals surface area contributed by atoms with Crippen LogP contribution in [0.4, 0.5) is 0 Å². The molecule has 1 aliphatic carbocycles. The van der Waals surface area contributed by atoms with Gasteiger partial charge in [-0.3, -0.25) is 0 Å². The molecular formula is C30H62N2. The van der Waals surface area contributed by atoms with Crippen LogP contribution in [0.25, 0.3) is 0 Å². The summed E-state index contributed by atoms with van der Waals surface area (Å²) in [5, 5.41) is 0. The summed E-state index contributed by atoms with van der Waals surface area (Å²) in [5.74, 6) is 4.85. The quantitative estimate of drug-likeness (QED) is 0.424. The van der Waals surface area contributed by atoms with Crippen molar-refractivity contribution >= 4 is 0 Å². The molecule has 2 aliphatic heterocycles. The lowest BCUT2D eigenvalue weighted by atomic mass is 9.75. The fraction of sp³-hybridized carbons (Fsp3) is 1.00. The Morgan fingerprint density at radius 1 is 0.594 bits per heavy atom. The lowest BCUT2D eigenvalue weighted by molar-refractivity contribution is 0.129. The molecule has 2 heterocycles. The molecule has 0 spiro atoms. The molecule has 1 saturated carbocycles. The molecule has 0 bridgehead atoms. The Morgan fingerprint density at radius 3 is 1.34 bits per heavy atom. The predicted octanol–water partition coefficient (Wildman–Crippen LogP) is 8.36. The van der Waals surface area contributed by atoms with Crippen LogP contribution in [0.2, 0.25) is 0 Å². The van der Waals surface area contributed by atoms with Crippen LogP contribution in [0.5, 0.6) is 0 Å². The molecule has 3 fully saturated rings. The van der Waals surface area contributed by atoms with Crippen LogP contribution >= 0.6 is 0 Å². The van der Waals surface area contributed by atoms with Gasteiger partial charge in [-0.25, -0.2) is 0 Å². The van der Waals surface area contributed by atoms with E-state index < -0.39 is 0 Å². The lowest BCUT2D eigenvalue weighted by Gasteiger charge is -2.37. The van der Waals surface area contributed by atoms with Crippen molar-refractivity contribution in [3.05, 3.63) is 0 Å². The standard InChI is InChI=1S/2C10H21N.C10H20/c1-10(2,3)9-5-7-11(4)8-6-9;1-9(2)8-10-4-6-11(3)7-5-10;1-9(2)8-10-6-4-3-5-7-10/h9H,5-8H2,1-4H3;9-10H,4-8H2,1-3H3;9-10H,3-8H2,1-2H3. The minimum Gasteiger partial charge on any atom is -0.306 e. The van der Waals surface area contributed by atoms with Crippen LogP contribution in [-0.4, -0.2) is 50.1 Å². The van der Waals surface area contributed by atoms with Crippen molar-refractivity contribution in [3.8, 4) is 0 Å². The number of hydrogen-bond donors (Lipinski definition) is 0. The second kappa shape index (κ2) is 15.8. The van der Waals surface area contributed by atoms with E-state index >= 15 is 0 Å². The first kappa shape index (κ1) is 30.0. The van der Waals surface area contributed by atoms with Gasteiger partial charge >= 0.3 is 0 Å². The molecule has 0 amide bonds. The summed E-state index contributed by atoms with van der Waals surface area (Å²) in [6.07, 6.45) is 16.1. The van der Waals surface area contributed by atoms with E-state index in [1.807, 2.05) is 0 Å². The molecule has 2 nitrogen and oxygen atoms in total. The Hall–Kier alpha value is -0.0800. The van der Waals surface area contributed by atoms with Crippen LogP contribution in [-0.2, 0) is 0 Å². The summed E-state index contributed by atoms with van der Waals surface area (Å²) < 4.78 is 0. The van der Waals surface area contributed by atoms with Crippen molar-refractivity contribution < 1.29 is 0 Å². The summed E-state index contributed by atoms with van der Waals surface area (Å²) in [5.41, 5.74) is 0.529. The zero-order chi connectivity index (χ0) is 24.1. The Kier molecular flexibility index (Phi) is 14.7. The van der Waals surface area contributed by atoms with E-state index in [9.17, 15) is 0 Å². The van der Waals surface area contributed by atoms with Gasteiger partial charge in [-0.15, -0.1) is 0 Å². The van der Waals surface area contributed by atoms with Gasteiger partial charge in [0.2, 0.25) is 0 Å². The van der Waals surface area contributed by atoms with Crippen molar-refractivity contribution in [1.29, 1.82) is 0 Å². The number of likely N-dealkylation sites (tertiary alicyclic amines) is 2. The molecule has 3 aliphatic rings. The van der Waals surface area contributed by atoms with Gasteiger partial charge in [-0.05, 0) is 114 Å². The molecule has 2 heteroatoms. The number of nitrogens with zero attached hydrogens (tertiary/aromatic N) is 2. The first-order valence-corrected chi connectivity index (χ1v) is 14.3. The van der Waals surface area contributed by atoms with E-state index in [-0.39, 0.29) is 0 Å². The molecular weight excluding hydrogens is 388 g/mol. The predicted molar refractivity (Wildman–Crippen MR) is 145 cm³/mol. The number of piperidine rings is 2. The molecule has 0 aromatic rings. The number of rotatable bonds is 4. The Labute approximate surface area is 204 Å². The van der Waals surface area contributed by atoms with Crippen LogP contribution in [0.1, 0.15) is 119 Å². The highest BCUT2D eigenvalue weighted by Crippen LogP contribution is 2.33. The highest BCUT2D eigenvalue weighted by molar-refractivity contribution is 4.79. The average Bonchev–Trinajstić information content (AvgIpc) is 2.70. The molecule has 32 heavy (non-hydrogen) atoms. The molecule has 2 saturated heterocycles. The Balaban J connectivity index is 0.000000240. The third-order valence-corrected chi connectivity index (χ3v) is 8.12. The molecule has 3 rings (SSSR count). The minimum atomic E-state index is 0.529. The van der Waals surface area contributed by atoms with E-state index in [1.54, 1.807) is 0 Å². The Morgan fingerprint density at radius 2 is 0.969 bits per heavy atom. The summed E-state index contributed by atoms with van der Waals surface area (Å²) in [7, 11) is 4.45. The molecule has 0 unspecified atom stereocenters. The largest absolute Gasteiger partial charge is 0.306 e. The SMILES string of the molecule is CC(C)CC1CCCCC1.CC(C)CC1CCN(C)CC1.CN1CCC(C(C)(C)C)CC1. The average molecular weight is 451 g/mol. The highest BCUT2D eigenvalue weighted by Gasteiger charge is 2.27. The van der Waals surface area contributed by atoms with E-state index in [1.165, 1.54) is 96.8 Å². The van der Waals surface area contributed by atoms with Crippen molar-refractivity contribution in [3.63, 3.8) is 0 Å². The summed E-state index contributed by atoms with van der Waals surface area (Å²) >= 11 is 0. The molecule has 0 radical (unpaired) electrons. The van der Waals surface area contributed by atoms with Gasteiger partial charge < -0.3 is 9.80 Å². The highest BCUT2D eigenvalue weighted by atomic mass is 15.1. The smallest absolute Gasteiger partial charge is 0.00189 e. The Bertz CT molecular complexity index is 428. The van der Waals surface area contributed by atoms with Crippen LogP contribution in [0.15, 0.2) is 0 Å². The second-order valence-corrected chi connectivity index (χ2v) is 13.5. The van der Waals surface area contributed by atoms with E-state index in [0.29, 0.717) is 5.41 Å².